The van der Waals surface area contributed by atoms with Crippen molar-refractivity contribution in [1.82, 2.24) is 0 Å². The van der Waals surface area contributed by atoms with Gasteiger partial charge in [-0.15, -0.1) is 0 Å². The van der Waals surface area contributed by atoms with Gasteiger partial charge in [-0.2, -0.15) is 0 Å². The summed E-state index contributed by atoms with van der Waals surface area (Å²) in [4.78, 5) is 27.5. The minimum Gasteiger partial charge on any atom is -0.465 e. The van der Waals surface area contributed by atoms with E-state index in [0.717, 1.165) is 0 Å². The minimum absolute atomic E-state index is 0.185. The van der Waals surface area contributed by atoms with E-state index in [9.17, 15) is 9.59 Å². The van der Waals surface area contributed by atoms with Gasteiger partial charge in [-0.3, -0.25) is 14.6 Å². The molecule has 108 valence electrons. The number of nitrogens with two attached hydrogens (primary N) is 1. The van der Waals surface area contributed by atoms with E-state index in [1.807, 2.05) is 0 Å². The average molecular weight is 278 g/mol. The number of hydrogen-bond acceptors (Lipinski definition) is 6. The van der Waals surface area contributed by atoms with Crippen molar-refractivity contribution in [2.24, 2.45) is 10.9 Å². The normalized spacial score (nSPS) is 10.8. The van der Waals surface area contributed by atoms with Crippen LogP contribution in [0, 0.1) is 5.92 Å². The van der Waals surface area contributed by atoms with Gasteiger partial charge in [0, 0.05) is 11.9 Å². The smallest absolute Gasteiger partial charge is 0.325 e. The summed E-state index contributed by atoms with van der Waals surface area (Å²) < 4.78 is 9.66. The third kappa shape index (κ3) is 4.72. The summed E-state index contributed by atoms with van der Waals surface area (Å²) in [7, 11) is 0. The molecule has 1 aromatic carbocycles. The zero-order valence-electron chi connectivity index (χ0n) is 11.5. The first-order chi connectivity index (χ1) is 9.58. The zero-order chi connectivity index (χ0) is 15.0. The van der Waals surface area contributed by atoms with Crippen molar-refractivity contribution in [1.29, 1.82) is 0 Å². The summed E-state index contributed by atoms with van der Waals surface area (Å²) in [5, 5.41) is 0. The van der Waals surface area contributed by atoms with Crippen LogP contribution in [0.4, 0.5) is 11.4 Å². The number of esters is 2. The van der Waals surface area contributed by atoms with Gasteiger partial charge in [-0.25, -0.2) is 0 Å². The van der Waals surface area contributed by atoms with Gasteiger partial charge in [-0.05, 0) is 38.1 Å². The van der Waals surface area contributed by atoms with Crippen molar-refractivity contribution in [3.8, 4) is 0 Å². The van der Waals surface area contributed by atoms with Gasteiger partial charge in [0.2, 0.25) is 0 Å². The molecule has 6 heteroatoms. The molecule has 20 heavy (non-hydrogen) atoms. The maximum atomic E-state index is 11.7. The second kappa shape index (κ2) is 7.93. The van der Waals surface area contributed by atoms with Crippen LogP contribution in [-0.4, -0.2) is 31.4 Å². The van der Waals surface area contributed by atoms with E-state index < -0.39 is 17.9 Å². The van der Waals surface area contributed by atoms with Crippen molar-refractivity contribution < 1.29 is 19.1 Å². The summed E-state index contributed by atoms with van der Waals surface area (Å²) in [5.41, 5.74) is 6.75. The lowest BCUT2D eigenvalue weighted by molar-refractivity contribution is -0.157. The van der Waals surface area contributed by atoms with Crippen molar-refractivity contribution in [3.05, 3.63) is 24.3 Å². The molecule has 0 atom stereocenters. The predicted molar refractivity (Wildman–Crippen MR) is 75.8 cm³/mol. The third-order valence-corrected chi connectivity index (χ3v) is 2.35. The SMILES string of the molecule is CCOC(=O)C(C=Nc1ccc(N)cc1)C(=O)OCC. The fourth-order valence-corrected chi connectivity index (χ4v) is 1.40. The number of hydrogen-bond donors (Lipinski definition) is 1. The van der Waals surface area contributed by atoms with Gasteiger partial charge in [0.05, 0.1) is 18.9 Å². The number of rotatable bonds is 6. The molecule has 0 aliphatic heterocycles. The number of nitrogen functional groups attached to an aromatic ring is 1. The summed E-state index contributed by atoms with van der Waals surface area (Å²) >= 11 is 0. The van der Waals surface area contributed by atoms with E-state index in [-0.39, 0.29) is 13.2 Å². The number of carbonyl (C=O) groups excluding carboxylic acids is 2. The van der Waals surface area contributed by atoms with Gasteiger partial charge in [-0.1, -0.05) is 0 Å². The first-order valence-electron chi connectivity index (χ1n) is 6.31. The maximum Gasteiger partial charge on any atom is 0.325 e. The molecule has 0 radical (unpaired) electrons. The zero-order valence-corrected chi connectivity index (χ0v) is 11.5. The molecule has 0 saturated heterocycles. The van der Waals surface area contributed by atoms with E-state index in [1.165, 1.54) is 6.21 Å². The molecule has 1 aromatic rings. The molecule has 0 saturated carbocycles. The third-order valence-electron chi connectivity index (χ3n) is 2.35. The first kappa shape index (κ1) is 15.7. The largest absolute Gasteiger partial charge is 0.465 e. The van der Waals surface area contributed by atoms with Crippen molar-refractivity contribution >= 4 is 29.5 Å². The van der Waals surface area contributed by atoms with Gasteiger partial charge in [0.25, 0.3) is 0 Å². The summed E-state index contributed by atoms with van der Waals surface area (Å²) in [6.45, 7) is 3.70. The van der Waals surface area contributed by atoms with Crippen LogP contribution in [0.15, 0.2) is 29.3 Å². The average Bonchev–Trinajstić information content (AvgIpc) is 2.42. The lowest BCUT2D eigenvalue weighted by Gasteiger charge is -2.09. The Hall–Kier alpha value is -2.37. The summed E-state index contributed by atoms with van der Waals surface area (Å²) in [6.07, 6.45) is 1.22. The number of nitrogens with zero attached hydrogens (tertiary/aromatic N) is 1. The van der Waals surface area contributed by atoms with E-state index in [0.29, 0.717) is 11.4 Å². The highest BCUT2D eigenvalue weighted by Gasteiger charge is 2.27. The minimum atomic E-state index is -1.16. The van der Waals surface area contributed by atoms with Crippen molar-refractivity contribution in [2.45, 2.75) is 13.8 Å². The molecule has 0 aromatic heterocycles. The summed E-state index contributed by atoms with van der Waals surface area (Å²) in [5.74, 6) is -2.51. The molecule has 0 aliphatic rings. The Bertz CT molecular complexity index is 464. The number of benzene rings is 1. The molecule has 0 heterocycles. The van der Waals surface area contributed by atoms with Crippen LogP contribution in [0.25, 0.3) is 0 Å². The Morgan fingerprint density at radius 2 is 1.65 bits per heavy atom. The first-order valence-corrected chi connectivity index (χ1v) is 6.31. The van der Waals surface area contributed by atoms with E-state index >= 15 is 0 Å². The topological polar surface area (TPSA) is 91.0 Å². The Labute approximate surface area is 117 Å². The van der Waals surface area contributed by atoms with Crippen LogP contribution in [-0.2, 0) is 19.1 Å². The number of carbonyl (C=O) groups is 2. The maximum absolute atomic E-state index is 11.7. The molecule has 1 rings (SSSR count). The second-order valence-corrected chi connectivity index (χ2v) is 3.85. The van der Waals surface area contributed by atoms with Crippen LogP contribution >= 0.6 is 0 Å². The van der Waals surface area contributed by atoms with Crippen LogP contribution in [0.1, 0.15) is 13.8 Å². The Morgan fingerprint density at radius 1 is 1.15 bits per heavy atom. The van der Waals surface area contributed by atoms with Crippen LogP contribution in [0.2, 0.25) is 0 Å². The lowest BCUT2D eigenvalue weighted by Crippen LogP contribution is -2.29. The Balaban J connectivity index is 2.85. The van der Waals surface area contributed by atoms with E-state index in [1.54, 1.807) is 38.1 Å². The lowest BCUT2D eigenvalue weighted by atomic mass is 10.1. The van der Waals surface area contributed by atoms with Gasteiger partial charge in [0.1, 0.15) is 0 Å². The van der Waals surface area contributed by atoms with Crippen molar-refractivity contribution in [2.75, 3.05) is 18.9 Å². The Morgan fingerprint density at radius 3 is 2.10 bits per heavy atom. The molecule has 6 nitrogen and oxygen atoms in total. The van der Waals surface area contributed by atoms with Gasteiger partial charge in [0.15, 0.2) is 5.92 Å². The van der Waals surface area contributed by atoms with Crippen LogP contribution in [0.3, 0.4) is 0 Å². The standard InChI is InChI=1S/C14H18N2O4/c1-3-19-13(17)12(14(18)20-4-2)9-16-11-7-5-10(15)6-8-11/h5-9,12H,3-4,15H2,1-2H3. The molecule has 0 spiro atoms. The molecule has 0 amide bonds. The monoisotopic (exact) mass is 278 g/mol. The second-order valence-electron chi connectivity index (χ2n) is 3.85. The van der Waals surface area contributed by atoms with Gasteiger partial charge >= 0.3 is 11.9 Å². The highest BCUT2D eigenvalue weighted by Crippen LogP contribution is 2.14. The number of anilines is 1. The molecule has 0 aliphatic carbocycles. The van der Waals surface area contributed by atoms with Crippen LogP contribution < -0.4 is 5.73 Å². The molecule has 0 fully saturated rings. The molecule has 2 N–H and O–H groups in total. The fourth-order valence-electron chi connectivity index (χ4n) is 1.40. The van der Waals surface area contributed by atoms with E-state index in [2.05, 4.69) is 4.99 Å². The predicted octanol–water partition coefficient (Wildman–Crippen LogP) is 1.71. The highest BCUT2D eigenvalue weighted by atomic mass is 16.6. The fraction of sp³-hybridized carbons (Fsp3) is 0.357. The number of ether oxygens (including phenoxy) is 2. The number of aliphatic imine (C=N–C) groups is 1. The summed E-state index contributed by atoms with van der Waals surface area (Å²) in [6, 6.07) is 6.71. The van der Waals surface area contributed by atoms with Crippen LogP contribution in [0.5, 0.6) is 0 Å². The van der Waals surface area contributed by atoms with Gasteiger partial charge < -0.3 is 15.2 Å². The molecular formula is C14H18N2O4. The Kier molecular flexibility index (Phi) is 6.22. The van der Waals surface area contributed by atoms with E-state index in [4.69, 9.17) is 15.2 Å². The quantitative estimate of drug-likeness (QED) is 0.370. The van der Waals surface area contributed by atoms with Crippen molar-refractivity contribution in [3.63, 3.8) is 0 Å². The molecule has 0 unspecified atom stereocenters. The highest BCUT2D eigenvalue weighted by molar-refractivity contribution is 6.09. The molecular weight excluding hydrogens is 260 g/mol. The molecule has 0 bridgehead atoms.